The molecule has 71 heavy (non-hydrogen) atoms. The Bertz CT molecular complexity index is 3690. The summed E-state index contributed by atoms with van der Waals surface area (Å²) >= 11 is 0.540. The third kappa shape index (κ3) is 9.11. The van der Waals surface area contributed by atoms with Gasteiger partial charge in [0, 0.05) is 75.2 Å². The summed E-state index contributed by atoms with van der Waals surface area (Å²) in [5.74, 6) is -2.01. The lowest BCUT2D eigenvalue weighted by Gasteiger charge is -2.26. The number of rotatable bonds is 14. The molecule has 0 saturated carbocycles. The van der Waals surface area contributed by atoms with Gasteiger partial charge in [-0.2, -0.15) is 29.8 Å². The van der Waals surface area contributed by atoms with Crippen LogP contribution in [-0.2, 0) is 50.6 Å². The van der Waals surface area contributed by atoms with Gasteiger partial charge in [-0.3, -0.25) is 18.6 Å². The van der Waals surface area contributed by atoms with E-state index in [4.69, 9.17) is 10.1 Å². The Hall–Kier alpha value is -6.45. The highest BCUT2D eigenvalue weighted by Gasteiger charge is 2.46. The number of pyridine rings is 1. The zero-order valence-corrected chi connectivity index (χ0v) is 41.7. The molecule has 20 nitrogen and oxygen atoms in total. The number of nitrogens with zero attached hydrogens (tertiary/aromatic N) is 4. The molecule has 24 heteroatoms. The fraction of sp³-hybridized carbons (Fsp3) is 0.213. The van der Waals surface area contributed by atoms with Crippen molar-refractivity contribution >= 4 is 92.6 Å². The molecule has 6 aromatic rings. The fourth-order valence-electron chi connectivity index (χ4n) is 9.47. The van der Waals surface area contributed by atoms with Gasteiger partial charge in [0.25, 0.3) is 30.4 Å². The summed E-state index contributed by atoms with van der Waals surface area (Å²) in [6, 6.07) is 16.4. The minimum atomic E-state index is -4.99. The molecule has 8 rings (SSSR count). The second kappa shape index (κ2) is 18.3. The van der Waals surface area contributed by atoms with Crippen LogP contribution in [0.4, 0.5) is 11.4 Å². The number of fused-ring (bicyclic) bond motifs is 6. The number of carbonyl (C=O) groups excluding carboxylic acids is 1. The Labute approximate surface area is 411 Å². The van der Waals surface area contributed by atoms with E-state index in [-0.39, 0.29) is 21.2 Å². The van der Waals surface area contributed by atoms with Crippen LogP contribution in [-0.4, -0.2) is 93.4 Å². The lowest BCUT2D eigenvalue weighted by Crippen LogP contribution is -2.27. The van der Waals surface area contributed by atoms with Crippen LogP contribution in [0.5, 0.6) is 11.8 Å². The van der Waals surface area contributed by atoms with Gasteiger partial charge in [-0.1, -0.05) is 31.0 Å². The lowest BCUT2D eigenvalue weighted by molar-refractivity contribution is -0.433. The van der Waals surface area contributed by atoms with Crippen LogP contribution in [0.3, 0.4) is 0 Å². The number of hydrogen-bond donors (Lipinski definition) is 6. The van der Waals surface area contributed by atoms with Crippen molar-refractivity contribution < 1.29 is 78.0 Å². The molecule has 4 aromatic carbocycles. The van der Waals surface area contributed by atoms with Crippen molar-refractivity contribution in [1.29, 1.82) is 0 Å². The standard InChI is InChI=1S/C47H44N4O16S4/c1-7-49-35-15-12-30-32(21-28(69(56,57)58)23-37(30)68-67-66-55)43(35)46(3,4)39(49)17-10-26(34-14-9-27(25-48-34)45(54)65-51-41(52)19-20-42(51)53)11-18-40-47(5,6)44-33-22-29(70(59,60)61)24-38(71(62,63)64)31(33)13-16-36(44)50(40)8-2/h9-25H,7-8H2,1-6H3,(H5-,52,53,55,56,57,58,59,60,61,62,63,64)/p+1. The molecule has 0 fully saturated rings. The van der Waals surface area contributed by atoms with Crippen molar-refractivity contribution in [2.45, 2.75) is 72.0 Å². The van der Waals surface area contributed by atoms with Crippen LogP contribution >= 0.6 is 12.0 Å². The van der Waals surface area contributed by atoms with Crippen LogP contribution in [0.1, 0.15) is 68.7 Å². The highest BCUT2D eigenvalue weighted by atomic mass is 32.2. The second-order valence-corrected chi connectivity index (χ2v) is 22.4. The van der Waals surface area contributed by atoms with E-state index in [1.807, 2.05) is 69.2 Å². The van der Waals surface area contributed by atoms with E-state index in [1.54, 1.807) is 30.4 Å². The van der Waals surface area contributed by atoms with Crippen molar-refractivity contribution in [1.82, 2.24) is 9.71 Å². The Morgan fingerprint density at radius 3 is 1.99 bits per heavy atom. The molecular formula is C47H45N4O16S4+. The highest BCUT2D eigenvalue weighted by Crippen LogP contribution is 2.52. The number of benzene rings is 4. The van der Waals surface area contributed by atoms with Gasteiger partial charge >= 0.3 is 5.97 Å². The van der Waals surface area contributed by atoms with E-state index in [2.05, 4.69) is 14.4 Å². The van der Waals surface area contributed by atoms with Crippen LogP contribution in [0.25, 0.3) is 27.1 Å². The zero-order valence-electron chi connectivity index (χ0n) is 38.4. The van der Waals surface area contributed by atoms with Crippen molar-refractivity contribution in [2.24, 2.45) is 0 Å². The predicted molar refractivity (Wildman–Crippen MR) is 261 cm³/mol. The zero-order chi connectivity index (χ0) is 51.7. The molecule has 0 spiro atoms. The Morgan fingerprint density at radius 2 is 1.41 bits per heavy atom. The topological polar surface area (TPSA) is 293 Å². The number of aromatic hydroxyl groups is 2. The molecule has 6 N–H and O–H groups in total. The third-order valence-corrected chi connectivity index (χ3v) is 15.8. The van der Waals surface area contributed by atoms with E-state index in [0.29, 0.717) is 80.5 Å². The Balaban J connectivity index is 1.29. The molecule has 0 saturated heterocycles. The normalized spacial score (nSPS) is 16.5. The van der Waals surface area contributed by atoms with E-state index in [0.717, 1.165) is 29.6 Å². The van der Waals surface area contributed by atoms with Gasteiger partial charge in [-0.15, -0.1) is 9.06 Å². The molecule has 0 radical (unpaired) electrons. The van der Waals surface area contributed by atoms with E-state index < -0.39 is 73.6 Å². The molecule has 372 valence electrons. The fourth-order valence-corrected chi connectivity index (χ4v) is 12.0. The minimum absolute atomic E-state index is 0.0235. The van der Waals surface area contributed by atoms with Crippen molar-refractivity contribution in [3.63, 3.8) is 0 Å². The second-order valence-electron chi connectivity index (χ2n) is 17.4. The van der Waals surface area contributed by atoms with Gasteiger partial charge in [0.2, 0.25) is 17.4 Å². The summed E-state index contributed by atoms with van der Waals surface area (Å²) in [4.78, 5) is 23.2. The summed E-state index contributed by atoms with van der Waals surface area (Å²) in [6.07, 6.45) is 8.46. The van der Waals surface area contributed by atoms with Crippen LogP contribution in [0.2, 0.25) is 0 Å². The molecule has 2 aromatic heterocycles. The summed E-state index contributed by atoms with van der Waals surface area (Å²) < 4.78 is 113. The van der Waals surface area contributed by atoms with Gasteiger partial charge in [-0.05, 0) is 110 Å². The minimum Gasteiger partial charge on any atom is -0.492 e. The van der Waals surface area contributed by atoms with Crippen molar-refractivity contribution in [2.75, 3.05) is 18.0 Å². The quantitative estimate of drug-likeness (QED) is 0.0152. The van der Waals surface area contributed by atoms with E-state index >= 15 is 0 Å². The maximum absolute atomic E-state index is 13.2. The SMILES string of the molecule is CCN1C(=CC=C(C=CC2=[N+](CC)c3ccc4c(SOOO)cc(S(=O)(=O)O)cc4c3C2(C)C)c2ccc(C(=O)On3c(O)ccc3O)cn2)C(C)(C)c2c1ccc1c(S(=O)(=O)O)cc(S(=O)(=O)O)cc21. The number of aromatic nitrogens is 2. The summed E-state index contributed by atoms with van der Waals surface area (Å²) in [6.45, 7) is 12.2. The first-order valence-electron chi connectivity index (χ1n) is 21.4. The van der Waals surface area contributed by atoms with Gasteiger partial charge in [0.15, 0.2) is 5.71 Å². The number of carbonyl (C=O) groups is 1. The average molecular weight is 1050 g/mol. The molecule has 2 aliphatic heterocycles. The first-order chi connectivity index (χ1) is 33.2. The Kier molecular flexibility index (Phi) is 13.1. The molecule has 0 unspecified atom stereocenters. The number of allylic oxidation sites excluding steroid dienone is 6. The summed E-state index contributed by atoms with van der Waals surface area (Å²) in [5, 5.41) is 34.0. The largest absolute Gasteiger partial charge is 0.492 e. The number of hydrogen-bond acceptors (Lipinski definition) is 16. The Morgan fingerprint density at radius 1 is 0.775 bits per heavy atom. The summed E-state index contributed by atoms with van der Waals surface area (Å²) in [7, 11) is -14.7. The van der Waals surface area contributed by atoms with E-state index in [1.165, 1.54) is 30.5 Å². The van der Waals surface area contributed by atoms with E-state index in [9.17, 15) is 53.9 Å². The first-order valence-corrected chi connectivity index (χ1v) is 26.4. The molecule has 0 atom stereocenters. The monoisotopic (exact) mass is 1050 g/mol. The third-order valence-electron chi connectivity index (χ3n) is 12.6. The van der Waals surface area contributed by atoms with Gasteiger partial charge in [-0.25, -0.2) is 10.1 Å². The van der Waals surface area contributed by atoms with Crippen LogP contribution in [0.15, 0.2) is 129 Å². The predicted octanol–water partition coefficient (Wildman–Crippen LogP) is 7.78. The number of anilines is 1. The lowest BCUT2D eigenvalue weighted by atomic mass is 9.79. The van der Waals surface area contributed by atoms with Crippen LogP contribution < -0.4 is 9.74 Å². The number of likely N-dealkylation sites (N-methyl/N-ethyl adjacent to an activating group) is 1. The van der Waals surface area contributed by atoms with Gasteiger partial charge < -0.3 is 20.0 Å². The van der Waals surface area contributed by atoms with Gasteiger partial charge in [0.05, 0.1) is 38.5 Å². The van der Waals surface area contributed by atoms with Gasteiger partial charge in [0.1, 0.15) is 11.4 Å². The first kappa shape index (κ1) is 50.9. The maximum Gasteiger partial charge on any atom is 0.365 e. The maximum atomic E-state index is 13.2. The molecule has 0 bridgehead atoms. The molecule has 0 amide bonds. The van der Waals surface area contributed by atoms with Crippen LogP contribution in [0, 0.1) is 0 Å². The van der Waals surface area contributed by atoms with Crippen molar-refractivity contribution in [3.05, 3.63) is 131 Å². The molecular weight excluding hydrogens is 1000 g/mol. The highest BCUT2D eigenvalue weighted by molar-refractivity contribution is 7.94. The molecule has 0 aliphatic carbocycles. The smallest absolute Gasteiger partial charge is 0.365 e. The summed E-state index contributed by atoms with van der Waals surface area (Å²) in [5.41, 5.74) is 2.83. The average Bonchev–Trinajstić information content (AvgIpc) is 3.83. The molecule has 4 heterocycles. The van der Waals surface area contributed by atoms with Crippen molar-refractivity contribution in [3.8, 4) is 11.8 Å². The molecule has 2 aliphatic rings.